The van der Waals surface area contributed by atoms with Gasteiger partial charge in [-0.25, -0.2) is 0 Å². The van der Waals surface area contributed by atoms with Crippen LogP contribution in [0, 0.1) is 0 Å². The second kappa shape index (κ2) is 8.55. The minimum atomic E-state index is 0.917. The molecule has 0 bridgehead atoms. The Morgan fingerprint density at radius 3 is 1.56 bits per heavy atom. The van der Waals surface area contributed by atoms with Crippen molar-refractivity contribution >= 4 is 65.0 Å². The molecular weight excluding hydrogens is 496 g/mol. The third-order valence-corrected chi connectivity index (χ3v) is 8.62. The molecule has 1 heterocycles. The van der Waals surface area contributed by atoms with Crippen LogP contribution in [-0.2, 0) is 0 Å². The number of furan rings is 1. The predicted molar refractivity (Wildman–Crippen MR) is 175 cm³/mol. The molecule has 0 amide bonds. The van der Waals surface area contributed by atoms with E-state index >= 15 is 0 Å². The zero-order chi connectivity index (χ0) is 26.9. The van der Waals surface area contributed by atoms with E-state index in [9.17, 15) is 0 Å². The van der Waals surface area contributed by atoms with Gasteiger partial charge in [-0.2, -0.15) is 0 Å². The van der Waals surface area contributed by atoms with Gasteiger partial charge in [-0.3, -0.25) is 0 Å². The first-order valence-electron chi connectivity index (χ1n) is 14.1. The Hall–Kier alpha value is -5.40. The quantitative estimate of drug-likeness (QED) is 0.207. The van der Waals surface area contributed by atoms with Gasteiger partial charge >= 0.3 is 0 Å². The van der Waals surface area contributed by atoms with Crippen LogP contribution in [0.4, 0.5) is 0 Å². The van der Waals surface area contributed by atoms with Gasteiger partial charge in [-0.15, -0.1) is 0 Å². The summed E-state index contributed by atoms with van der Waals surface area (Å²) < 4.78 is 6.34. The smallest absolute Gasteiger partial charge is 0.136 e. The summed E-state index contributed by atoms with van der Waals surface area (Å²) >= 11 is 0. The fraction of sp³-hybridized carbons (Fsp3) is 0. The summed E-state index contributed by atoms with van der Waals surface area (Å²) in [6, 6.07) is 52.7. The van der Waals surface area contributed by atoms with Crippen LogP contribution in [0.1, 0.15) is 0 Å². The standard InChI is InChI=1S/C40H24O/c1-2-12-27-24-38-36(22-26(27)11-1)35-23-28(20-21-37(35)41-38)39-31-15-5-7-17-33(31)40(34-18-8-6-16-32(34)39)30-19-9-13-25-10-3-4-14-29(25)30/h1-24H. The van der Waals surface area contributed by atoms with E-state index in [-0.39, 0.29) is 0 Å². The normalized spacial score (nSPS) is 11.9. The second-order valence-electron chi connectivity index (χ2n) is 10.9. The van der Waals surface area contributed by atoms with E-state index < -0.39 is 0 Å². The van der Waals surface area contributed by atoms with Gasteiger partial charge in [-0.05, 0) is 89.6 Å². The summed E-state index contributed by atoms with van der Waals surface area (Å²) in [7, 11) is 0. The molecule has 0 saturated carbocycles. The molecule has 41 heavy (non-hydrogen) atoms. The van der Waals surface area contributed by atoms with Crippen LogP contribution in [0.2, 0.25) is 0 Å². The molecule has 0 spiro atoms. The maximum Gasteiger partial charge on any atom is 0.136 e. The molecule has 9 rings (SSSR count). The molecule has 0 radical (unpaired) electrons. The molecule has 0 fully saturated rings. The average Bonchev–Trinajstić information content (AvgIpc) is 3.39. The maximum atomic E-state index is 6.34. The van der Waals surface area contributed by atoms with Gasteiger partial charge in [-0.1, -0.05) is 121 Å². The maximum absolute atomic E-state index is 6.34. The van der Waals surface area contributed by atoms with Crippen molar-refractivity contribution < 1.29 is 4.42 Å². The molecule has 0 unspecified atom stereocenters. The molecule has 0 saturated heterocycles. The fourth-order valence-corrected chi connectivity index (χ4v) is 6.79. The lowest BCUT2D eigenvalue weighted by atomic mass is 9.84. The van der Waals surface area contributed by atoms with Gasteiger partial charge in [0.1, 0.15) is 11.2 Å². The highest BCUT2D eigenvalue weighted by Crippen LogP contribution is 2.46. The van der Waals surface area contributed by atoms with E-state index in [4.69, 9.17) is 4.42 Å². The van der Waals surface area contributed by atoms with Crippen molar-refractivity contribution in [3.8, 4) is 22.3 Å². The van der Waals surface area contributed by atoms with E-state index in [0.717, 1.165) is 21.9 Å². The molecule has 1 nitrogen and oxygen atoms in total. The van der Waals surface area contributed by atoms with Crippen LogP contribution < -0.4 is 0 Å². The third kappa shape index (κ3) is 3.30. The largest absolute Gasteiger partial charge is 0.456 e. The zero-order valence-corrected chi connectivity index (χ0v) is 22.3. The Kier molecular flexibility index (Phi) is 4.67. The molecule has 9 aromatic rings. The van der Waals surface area contributed by atoms with Crippen LogP contribution >= 0.6 is 0 Å². The Morgan fingerprint density at radius 2 is 0.854 bits per heavy atom. The van der Waals surface area contributed by atoms with Crippen LogP contribution in [-0.4, -0.2) is 0 Å². The highest BCUT2D eigenvalue weighted by molar-refractivity contribution is 6.24. The van der Waals surface area contributed by atoms with Crippen LogP contribution in [0.5, 0.6) is 0 Å². The third-order valence-electron chi connectivity index (χ3n) is 8.62. The highest BCUT2D eigenvalue weighted by atomic mass is 16.3. The monoisotopic (exact) mass is 520 g/mol. The van der Waals surface area contributed by atoms with Gasteiger partial charge in [0.2, 0.25) is 0 Å². The Morgan fingerprint density at radius 1 is 0.317 bits per heavy atom. The lowest BCUT2D eigenvalue weighted by molar-refractivity contribution is 0.669. The summed E-state index contributed by atoms with van der Waals surface area (Å²) in [4.78, 5) is 0. The molecule has 0 N–H and O–H groups in total. The minimum Gasteiger partial charge on any atom is -0.456 e. The fourth-order valence-electron chi connectivity index (χ4n) is 6.79. The van der Waals surface area contributed by atoms with Gasteiger partial charge in [0.05, 0.1) is 0 Å². The van der Waals surface area contributed by atoms with Gasteiger partial charge in [0.25, 0.3) is 0 Å². The molecule has 8 aromatic carbocycles. The molecule has 1 aromatic heterocycles. The molecule has 1 heteroatoms. The summed E-state index contributed by atoms with van der Waals surface area (Å²) in [5.74, 6) is 0. The van der Waals surface area contributed by atoms with Gasteiger partial charge < -0.3 is 4.42 Å². The molecule has 0 aliphatic heterocycles. The van der Waals surface area contributed by atoms with Crippen LogP contribution in [0.3, 0.4) is 0 Å². The van der Waals surface area contributed by atoms with E-state index in [1.165, 1.54) is 65.3 Å². The molecule has 0 aliphatic rings. The zero-order valence-electron chi connectivity index (χ0n) is 22.3. The Labute approximate surface area is 236 Å². The van der Waals surface area contributed by atoms with Crippen molar-refractivity contribution in [2.24, 2.45) is 0 Å². The van der Waals surface area contributed by atoms with Crippen molar-refractivity contribution in [2.45, 2.75) is 0 Å². The van der Waals surface area contributed by atoms with Crippen LogP contribution in [0.15, 0.2) is 150 Å². The minimum absolute atomic E-state index is 0.917. The van der Waals surface area contributed by atoms with Gasteiger partial charge in [0, 0.05) is 10.8 Å². The summed E-state index contributed by atoms with van der Waals surface area (Å²) in [6.07, 6.45) is 0. The first kappa shape index (κ1) is 22.4. The molecular formula is C40H24O. The van der Waals surface area contributed by atoms with E-state index in [1.54, 1.807) is 0 Å². The lowest BCUT2D eigenvalue weighted by Crippen LogP contribution is -1.91. The number of fused-ring (bicyclic) bond motifs is 7. The number of hydrogen-bond acceptors (Lipinski definition) is 1. The average molecular weight is 521 g/mol. The van der Waals surface area contributed by atoms with E-state index in [1.807, 2.05) is 0 Å². The van der Waals surface area contributed by atoms with Gasteiger partial charge in [0.15, 0.2) is 0 Å². The Bertz CT molecular complexity index is 2410. The van der Waals surface area contributed by atoms with Crippen molar-refractivity contribution in [1.82, 2.24) is 0 Å². The van der Waals surface area contributed by atoms with Crippen molar-refractivity contribution in [1.29, 1.82) is 0 Å². The summed E-state index contributed by atoms with van der Waals surface area (Å²) in [5.41, 5.74) is 6.86. The Balaban J connectivity index is 1.39. The lowest BCUT2D eigenvalue weighted by Gasteiger charge is -2.18. The number of benzene rings is 8. The number of hydrogen-bond donors (Lipinski definition) is 0. The van der Waals surface area contributed by atoms with Crippen LogP contribution in [0.25, 0.3) is 87.3 Å². The van der Waals surface area contributed by atoms with Crippen molar-refractivity contribution in [2.75, 3.05) is 0 Å². The van der Waals surface area contributed by atoms with E-state index in [0.29, 0.717) is 0 Å². The summed E-state index contributed by atoms with van der Waals surface area (Å²) in [5, 5.41) is 12.3. The van der Waals surface area contributed by atoms with Crippen molar-refractivity contribution in [3.63, 3.8) is 0 Å². The summed E-state index contributed by atoms with van der Waals surface area (Å²) in [6.45, 7) is 0. The topological polar surface area (TPSA) is 13.1 Å². The predicted octanol–water partition coefficient (Wildman–Crippen LogP) is 11.5. The molecule has 0 aliphatic carbocycles. The first-order chi connectivity index (χ1) is 20.3. The highest BCUT2D eigenvalue weighted by Gasteiger charge is 2.19. The number of rotatable bonds is 2. The van der Waals surface area contributed by atoms with E-state index in [2.05, 4.69) is 146 Å². The SMILES string of the molecule is c1ccc2cc3c(cc2c1)oc1ccc(-c2c4ccccc4c(-c4cccc5ccccc45)c4ccccc24)cc13. The second-order valence-corrected chi connectivity index (χ2v) is 10.9. The molecule has 0 atom stereocenters. The molecule has 190 valence electrons. The van der Waals surface area contributed by atoms with Crippen molar-refractivity contribution in [3.05, 3.63) is 146 Å². The first-order valence-corrected chi connectivity index (χ1v) is 14.1.